The summed E-state index contributed by atoms with van der Waals surface area (Å²) in [5.74, 6) is 0.682. The van der Waals surface area contributed by atoms with Gasteiger partial charge in [0.15, 0.2) is 4.47 Å². The molecule has 0 aliphatic carbocycles. The minimum Gasteiger partial charge on any atom is -0.347 e. The van der Waals surface area contributed by atoms with Crippen LogP contribution < -0.4 is 5.32 Å². The number of hydrogen-bond donors (Lipinski definition) is 1. The highest BCUT2D eigenvalue weighted by Crippen LogP contribution is 2.38. The first-order valence-corrected chi connectivity index (χ1v) is 10.9. The standard InChI is InChI=1S/C16H18ClN3OS3/c1-9-14(10-4-6-20(9)7-5-10)19-15(21)11-2-3-12(22-11)23-13-8-18-16(17)24-13/h2-3,8-10,14H,4-7H2,1H3,(H,19,21)/t9-,14-/m0/s1. The molecule has 2 bridgehead atoms. The Morgan fingerprint density at radius 2 is 2.12 bits per heavy atom. The lowest BCUT2D eigenvalue weighted by molar-refractivity contribution is 0.0218. The molecule has 0 unspecified atom stereocenters. The molecule has 0 radical (unpaired) electrons. The molecular weight excluding hydrogens is 382 g/mol. The van der Waals surface area contributed by atoms with Gasteiger partial charge in [-0.05, 0) is 50.9 Å². The van der Waals surface area contributed by atoms with Gasteiger partial charge in [0.25, 0.3) is 5.91 Å². The van der Waals surface area contributed by atoms with Crippen molar-refractivity contribution in [2.24, 2.45) is 5.92 Å². The number of carbonyl (C=O) groups excluding carboxylic acids is 1. The summed E-state index contributed by atoms with van der Waals surface area (Å²) in [6.45, 7) is 4.59. The van der Waals surface area contributed by atoms with E-state index in [0.717, 1.165) is 13.3 Å². The van der Waals surface area contributed by atoms with Gasteiger partial charge in [0.2, 0.25) is 0 Å². The third-order valence-corrected chi connectivity index (χ3v) is 8.37. The molecule has 128 valence electrons. The summed E-state index contributed by atoms with van der Waals surface area (Å²) in [7, 11) is 0. The summed E-state index contributed by atoms with van der Waals surface area (Å²) in [5.41, 5.74) is 0. The lowest BCUT2D eigenvalue weighted by Gasteiger charge is -2.49. The number of rotatable bonds is 4. The predicted molar refractivity (Wildman–Crippen MR) is 101 cm³/mol. The molecule has 3 aliphatic rings. The molecule has 0 saturated carbocycles. The molecule has 8 heteroatoms. The summed E-state index contributed by atoms with van der Waals surface area (Å²) in [6, 6.07) is 4.63. The van der Waals surface area contributed by atoms with Crippen LogP contribution in [0.15, 0.2) is 26.7 Å². The fraction of sp³-hybridized carbons (Fsp3) is 0.500. The van der Waals surface area contributed by atoms with Crippen molar-refractivity contribution in [3.8, 4) is 0 Å². The summed E-state index contributed by atoms with van der Waals surface area (Å²) in [6.07, 6.45) is 4.17. The number of thiophene rings is 1. The first-order valence-electron chi connectivity index (χ1n) is 8.04. The monoisotopic (exact) mass is 399 g/mol. The predicted octanol–water partition coefficient (Wildman–Crippen LogP) is 4.22. The zero-order chi connectivity index (χ0) is 16.7. The molecule has 0 aromatic carbocycles. The average molecular weight is 400 g/mol. The van der Waals surface area contributed by atoms with E-state index in [4.69, 9.17) is 11.6 Å². The smallest absolute Gasteiger partial charge is 0.261 e. The number of hydrogen-bond acceptors (Lipinski definition) is 6. The highest BCUT2D eigenvalue weighted by molar-refractivity contribution is 8.02. The van der Waals surface area contributed by atoms with E-state index in [1.54, 1.807) is 18.0 Å². The van der Waals surface area contributed by atoms with Crippen LogP contribution >= 0.6 is 46.0 Å². The van der Waals surface area contributed by atoms with Crippen LogP contribution in [-0.4, -0.2) is 41.0 Å². The van der Waals surface area contributed by atoms with E-state index in [9.17, 15) is 4.79 Å². The van der Waals surface area contributed by atoms with Crippen LogP contribution in [0, 0.1) is 5.92 Å². The van der Waals surface area contributed by atoms with Crippen LogP contribution in [-0.2, 0) is 0 Å². The van der Waals surface area contributed by atoms with Crippen molar-refractivity contribution < 1.29 is 4.79 Å². The molecule has 24 heavy (non-hydrogen) atoms. The number of carbonyl (C=O) groups is 1. The van der Waals surface area contributed by atoms with Crippen LogP contribution in [0.1, 0.15) is 29.4 Å². The number of piperidine rings is 3. The fourth-order valence-corrected chi connectivity index (χ4v) is 7.08. The number of halogens is 1. The lowest BCUT2D eigenvalue weighted by Crippen LogP contribution is -2.62. The highest BCUT2D eigenvalue weighted by atomic mass is 35.5. The van der Waals surface area contributed by atoms with E-state index in [2.05, 4.69) is 22.1 Å². The summed E-state index contributed by atoms with van der Waals surface area (Å²) in [5, 5.41) is 3.29. The first-order chi connectivity index (χ1) is 11.6. The maximum absolute atomic E-state index is 12.6. The van der Waals surface area contributed by atoms with Gasteiger partial charge >= 0.3 is 0 Å². The van der Waals surface area contributed by atoms with E-state index < -0.39 is 0 Å². The molecule has 1 amide bonds. The third kappa shape index (κ3) is 3.37. The van der Waals surface area contributed by atoms with Crippen LogP contribution in [0.3, 0.4) is 0 Å². The molecule has 5 rings (SSSR count). The number of thiazole rings is 1. The molecule has 3 aliphatic heterocycles. The molecule has 4 nitrogen and oxygen atoms in total. The topological polar surface area (TPSA) is 45.2 Å². The number of nitrogens with one attached hydrogen (secondary N) is 1. The fourth-order valence-electron chi connectivity index (χ4n) is 3.65. The normalized spacial score (nSPS) is 28.9. The second-order valence-corrected chi connectivity index (χ2v) is 10.6. The van der Waals surface area contributed by atoms with Crippen molar-refractivity contribution in [2.75, 3.05) is 13.1 Å². The van der Waals surface area contributed by atoms with Crippen LogP contribution in [0.5, 0.6) is 0 Å². The van der Waals surface area contributed by atoms with Gasteiger partial charge in [0.05, 0.1) is 19.5 Å². The molecule has 1 N–H and O–H groups in total. The van der Waals surface area contributed by atoms with Crippen LogP contribution in [0.25, 0.3) is 0 Å². The van der Waals surface area contributed by atoms with Crippen molar-refractivity contribution in [1.29, 1.82) is 0 Å². The van der Waals surface area contributed by atoms with E-state index in [0.29, 0.717) is 16.4 Å². The van der Waals surface area contributed by atoms with Gasteiger partial charge in [-0.3, -0.25) is 9.69 Å². The van der Waals surface area contributed by atoms with Gasteiger partial charge in [0.1, 0.15) is 0 Å². The molecular formula is C16H18ClN3OS3. The second-order valence-electron chi connectivity index (χ2n) is 6.27. The number of aromatic nitrogens is 1. The Kier molecular flexibility index (Phi) is 4.88. The Bertz CT molecular complexity index is 737. The van der Waals surface area contributed by atoms with Gasteiger partial charge in [-0.25, -0.2) is 4.98 Å². The van der Waals surface area contributed by atoms with Crippen molar-refractivity contribution in [3.05, 3.63) is 27.7 Å². The molecule has 2 atom stereocenters. The SMILES string of the molecule is C[C@H]1[C@H](NC(=O)c2ccc(Sc3cnc(Cl)s3)s2)C2CCN1CC2. The largest absolute Gasteiger partial charge is 0.347 e. The zero-order valence-corrected chi connectivity index (χ0v) is 16.4. The lowest BCUT2D eigenvalue weighted by atomic mass is 9.79. The molecule has 2 aromatic rings. The Morgan fingerprint density at radius 1 is 1.33 bits per heavy atom. The van der Waals surface area contributed by atoms with E-state index in [-0.39, 0.29) is 11.9 Å². The molecule has 2 aromatic heterocycles. The minimum absolute atomic E-state index is 0.0554. The van der Waals surface area contributed by atoms with Crippen molar-refractivity contribution in [2.45, 2.75) is 40.3 Å². The minimum atomic E-state index is 0.0554. The van der Waals surface area contributed by atoms with Crippen LogP contribution in [0.2, 0.25) is 4.47 Å². The maximum Gasteiger partial charge on any atom is 0.261 e. The quantitative estimate of drug-likeness (QED) is 0.835. The number of fused-ring (bicyclic) bond motifs is 3. The number of amides is 1. The van der Waals surface area contributed by atoms with Crippen molar-refractivity contribution in [1.82, 2.24) is 15.2 Å². The Hall–Kier alpha value is -0.600. The van der Waals surface area contributed by atoms with Gasteiger partial charge < -0.3 is 5.32 Å². The summed E-state index contributed by atoms with van der Waals surface area (Å²) in [4.78, 5) is 20.0. The van der Waals surface area contributed by atoms with E-state index in [1.165, 1.54) is 48.6 Å². The second kappa shape index (κ2) is 6.96. The summed E-state index contributed by atoms with van der Waals surface area (Å²) >= 11 is 10.5. The van der Waals surface area contributed by atoms with Gasteiger partial charge in [-0.15, -0.1) is 11.3 Å². The average Bonchev–Trinajstić information content (AvgIpc) is 3.21. The Balaban J connectivity index is 1.41. The highest BCUT2D eigenvalue weighted by Gasteiger charge is 2.40. The van der Waals surface area contributed by atoms with Crippen LogP contribution in [0.4, 0.5) is 0 Å². The van der Waals surface area contributed by atoms with Gasteiger partial charge in [-0.1, -0.05) is 34.7 Å². The van der Waals surface area contributed by atoms with Crippen molar-refractivity contribution in [3.63, 3.8) is 0 Å². The molecule has 3 fully saturated rings. The van der Waals surface area contributed by atoms with Gasteiger partial charge in [0, 0.05) is 12.1 Å². The zero-order valence-electron chi connectivity index (χ0n) is 13.2. The molecule has 5 heterocycles. The third-order valence-electron chi connectivity index (χ3n) is 4.94. The number of nitrogens with zero attached hydrogens (tertiary/aromatic N) is 2. The maximum atomic E-state index is 12.6. The van der Waals surface area contributed by atoms with Crippen molar-refractivity contribution >= 4 is 51.9 Å². The summed E-state index contributed by atoms with van der Waals surface area (Å²) < 4.78 is 2.67. The van der Waals surface area contributed by atoms with Gasteiger partial charge in [-0.2, -0.15) is 0 Å². The Morgan fingerprint density at radius 3 is 2.79 bits per heavy atom. The van der Waals surface area contributed by atoms with E-state index >= 15 is 0 Å². The van der Waals surface area contributed by atoms with E-state index in [1.807, 2.05) is 12.1 Å². The Labute approximate surface area is 158 Å². The molecule has 0 spiro atoms. The first kappa shape index (κ1) is 16.8. The molecule has 3 saturated heterocycles.